The average Bonchev–Trinajstić information content (AvgIpc) is 2.54. The number of rotatable bonds is 12. The van der Waals surface area contributed by atoms with E-state index in [0.29, 0.717) is 0 Å². The predicted octanol–water partition coefficient (Wildman–Crippen LogP) is 4.71. The maximum atomic E-state index is 3.24. The summed E-state index contributed by atoms with van der Waals surface area (Å²) in [7, 11) is 0. The normalized spacial score (nSPS) is 9.45. The van der Waals surface area contributed by atoms with Crippen LogP contribution >= 0.6 is 0 Å². The minimum Gasteiger partial charge on any atom is -0.332 e. The maximum Gasteiger partial charge on any atom is 0.0260 e. The Morgan fingerprint density at radius 2 is 0.773 bits per heavy atom. The SMILES string of the molecule is CCCCN(C#CC#CN(CCCC)CCCC)CCCC. The van der Waals surface area contributed by atoms with E-state index in [-0.39, 0.29) is 0 Å². The van der Waals surface area contributed by atoms with Crippen molar-refractivity contribution in [2.75, 3.05) is 26.2 Å². The predicted molar refractivity (Wildman–Crippen MR) is 98.3 cm³/mol. The molecule has 0 aromatic heterocycles. The van der Waals surface area contributed by atoms with Crippen molar-refractivity contribution in [3.8, 4) is 23.9 Å². The first-order valence-corrected chi connectivity index (χ1v) is 9.29. The Morgan fingerprint density at radius 1 is 0.500 bits per heavy atom. The molecule has 126 valence electrons. The van der Waals surface area contributed by atoms with Crippen LogP contribution in [0.2, 0.25) is 0 Å². The first kappa shape index (κ1) is 20.7. The van der Waals surface area contributed by atoms with Crippen LogP contribution in [-0.2, 0) is 0 Å². The highest BCUT2D eigenvalue weighted by Gasteiger charge is 1.98. The fourth-order valence-electron chi connectivity index (χ4n) is 2.06. The third kappa shape index (κ3) is 12.5. The van der Waals surface area contributed by atoms with Gasteiger partial charge >= 0.3 is 0 Å². The third-order valence-corrected chi connectivity index (χ3v) is 3.62. The summed E-state index contributed by atoms with van der Waals surface area (Å²) in [4.78, 5) is 4.48. The van der Waals surface area contributed by atoms with Crippen LogP contribution in [0.25, 0.3) is 0 Å². The number of unbranched alkanes of at least 4 members (excludes halogenated alkanes) is 4. The van der Waals surface area contributed by atoms with Gasteiger partial charge in [-0.2, -0.15) is 0 Å². The zero-order chi connectivity index (χ0) is 16.5. The van der Waals surface area contributed by atoms with Crippen LogP contribution in [0.4, 0.5) is 0 Å². The van der Waals surface area contributed by atoms with E-state index in [0.717, 1.165) is 26.2 Å². The smallest absolute Gasteiger partial charge is 0.0260 e. The number of hydrogen-bond acceptors (Lipinski definition) is 2. The molecule has 0 rings (SSSR count). The van der Waals surface area contributed by atoms with Gasteiger partial charge in [0.15, 0.2) is 0 Å². The van der Waals surface area contributed by atoms with Crippen molar-refractivity contribution >= 4 is 0 Å². The van der Waals surface area contributed by atoms with Gasteiger partial charge in [-0.1, -0.05) is 53.4 Å². The van der Waals surface area contributed by atoms with Crippen molar-refractivity contribution in [2.24, 2.45) is 0 Å². The molecule has 0 aliphatic rings. The fourth-order valence-corrected chi connectivity index (χ4v) is 2.06. The Balaban J connectivity index is 4.47. The minimum atomic E-state index is 1.07. The molecule has 0 saturated heterocycles. The molecule has 0 N–H and O–H groups in total. The number of nitrogens with zero attached hydrogens (tertiary/aromatic N) is 2. The first-order valence-electron chi connectivity index (χ1n) is 9.29. The molecule has 0 aliphatic carbocycles. The van der Waals surface area contributed by atoms with Crippen LogP contribution in [-0.4, -0.2) is 36.0 Å². The summed E-state index contributed by atoms with van der Waals surface area (Å²) >= 11 is 0. The molecule has 0 spiro atoms. The van der Waals surface area contributed by atoms with Gasteiger partial charge in [0.2, 0.25) is 0 Å². The second kappa shape index (κ2) is 16.1. The van der Waals surface area contributed by atoms with Crippen molar-refractivity contribution in [1.82, 2.24) is 9.80 Å². The van der Waals surface area contributed by atoms with Crippen molar-refractivity contribution < 1.29 is 0 Å². The fraction of sp³-hybridized carbons (Fsp3) is 0.800. The Hall–Kier alpha value is -1.28. The second-order valence-electron chi connectivity index (χ2n) is 5.86. The second-order valence-corrected chi connectivity index (χ2v) is 5.86. The van der Waals surface area contributed by atoms with Gasteiger partial charge in [0.1, 0.15) is 0 Å². The van der Waals surface area contributed by atoms with Crippen LogP contribution in [0, 0.1) is 23.9 Å². The Morgan fingerprint density at radius 3 is 1.00 bits per heavy atom. The quantitative estimate of drug-likeness (QED) is 0.380. The van der Waals surface area contributed by atoms with Crippen molar-refractivity contribution in [3.63, 3.8) is 0 Å². The first-order chi connectivity index (χ1) is 10.8. The monoisotopic (exact) mass is 304 g/mol. The van der Waals surface area contributed by atoms with Crippen LogP contribution in [0.5, 0.6) is 0 Å². The summed E-state index contributed by atoms with van der Waals surface area (Å²) in [5, 5.41) is 0. The van der Waals surface area contributed by atoms with Crippen LogP contribution in [0.15, 0.2) is 0 Å². The molecule has 0 unspecified atom stereocenters. The van der Waals surface area contributed by atoms with Crippen LogP contribution in [0.1, 0.15) is 79.1 Å². The topological polar surface area (TPSA) is 6.48 Å². The third-order valence-electron chi connectivity index (χ3n) is 3.62. The summed E-state index contributed by atoms with van der Waals surface area (Å²) in [5.74, 6) is 6.12. The largest absolute Gasteiger partial charge is 0.332 e. The molecule has 0 aromatic rings. The molecule has 0 amide bonds. The lowest BCUT2D eigenvalue weighted by Crippen LogP contribution is -2.21. The molecule has 0 saturated carbocycles. The Bertz CT molecular complexity index is 301. The van der Waals surface area contributed by atoms with Gasteiger partial charge in [0, 0.05) is 50.1 Å². The van der Waals surface area contributed by atoms with Crippen molar-refractivity contribution in [1.29, 1.82) is 0 Å². The van der Waals surface area contributed by atoms with E-state index in [4.69, 9.17) is 0 Å². The van der Waals surface area contributed by atoms with Crippen LogP contribution in [0.3, 0.4) is 0 Å². The lowest BCUT2D eigenvalue weighted by molar-refractivity contribution is 0.379. The summed E-state index contributed by atoms with van der Waals surface area (Å²) in [6, 6.07) is 6.48. The highest BCUT2D eigenvalue weighted by Crippen LogP contribution is 1.98. The molecule has 22 heavy (non-hydrogen) atoms. The van der Waals surface area contributed by atoms with Gasteiger partial charge in [0.05, 0.1) is 0 Å². The molecule has 2 heteroatoms. The lowest BCUT2D eigenvalue weighted by atomic mass is 10.3. The molecule has 0 radical (unpaired) electrons. The van der Waals surface area contributed by atoms with E-state index in [1.54, 1.807) is 0 Å². The molecular weight excluding hydrogens is 268 g/mol. The van der Waals surface area contributed by atoms with E-state index in [1.807, 2.05) is 0 Å². The number of hydrogen-bond donors (Lipinski definition) is 0. The summed E-state index contributed by atoms with van der Waals surface area (Å²) in [6.45, 7) is 13.2. The van der Waals surface area contributed by atoms with Crippen molar-refractivity contribution in [2.45, 2.75) is 79.1 Å². The summed E-state index contributed by atoms with van der Waals surface area (Å²) in [5.41, 5.74) is 0. The zero-order valence-electron chi connectivity index (χ0n) is 15.4. The molecule has 0 bridgehead atoms. The molecule has 0 aromatic carbocycles. The molecule has 0 heterocycles. The lowest BCUT2D eigenvalue weighted by Gasteiger charge is -2.16. The van der Waals surface area contributed by atoms with E-state index in [1.165, 1.54) is 51.4 Å². The van der Waals surface area contributed by atoms with E-state index < -0.39 is 0 Å². The van der Waals surface area contributed by atoms with E-state index >= 15 is 0 Å². The molecule has 0 aliphatic heterocycles. The van der Waals surface area contributed by atoms with Crippen LogP contribution < -0.4 is 0 Å². The van der Waals surface area contributed by atoms with Gasteiger partial charge in [-0.05, 0) is 25.7 Å². The molecular formula is C20H36N2. The highest BCUT2D eigenvalue weighted by molar-refractivity contribution is 5.25. The standard InChI is InChI=1S/C20H36N2/c1-5-9-15-21(16-10-6-2)19-13-14-20-22(17-11-7-3)18-12-8-4/h5-12,15-18H2,1-4H3. The van der Waals surface area contributed by atoms with Crippen molar-refractivity contribution in [3.05, 3.63) is 0 Å². The Labute approximate surface area is 139 Å². The van der Waals surface area contributed by atoms with Gasteiger partial charge in [0.25, 0.3) is 0 Å². The maximum absolute atomic E-state index is 3.24. The zero-order valence-corrected chi connectivity index (χ0v) is 15.4. The highest BCUT2D eigenvalue weighted by atomic mass is 15.1. The average molecular weight is 305 g/mol. The summed E-state index contributed by atoms with van der Waals surface area (Å²) < 4.78 is 0. The van der Waals surface area contributed by atoms with Gasteiger partial charge in [-0.3, -0.25) is 0 Å². The summed E-state index contributed by atoms with van der Waals surface area (Å²) in [6.07, 6.45) is 9.73. The minimum absolute atomic E-state index is 1.07. The molecule has 2 nitrogen and oxygen atoms in total. The molecule has 0 fully saturated rings. The van der Waals surface area contributed by atoms with Gasteiger partial charge in [-0.15, -0.1) is 0 Å². The van der Waals surface area contributed by atoms with E-state index in [2.05, 4.69) is 61.4 Å². The molecule has 0 atom stereocenters. The van der Waals surface area contributed by atoms with Gasteiger partial charge in [-0.25, -0.2) is 0 Å². The van der Waals surface area contributed by atoms with Gasteiger partial charge < -0.3 is 9.80 Å². The Kier molecular flexibility index (Phi) is 15.2. The van der Waals surface area contributed by atoms with E-state index in [9.17, 15) is 0 Å².